The van der Waals surface area contributed by atoms with E-state index in [9.17, 15) is 0 Å². The quantitative estimate of drug-likeness (QED) is 0.663. The molecular weight excluding hydrogens is 256 g/mol. The number of pyridine rings is 2. The predicted molar refractivity (Wildman–Crippen MR) is 85.0 cm³/mol. The summed E-state index contributed by atoms with van der Waals surface area (Å²) < 4.78 is 0. The SMILES string of the molecule is Cc1cccc(-c2ccc3c(n2)-c2ncccc2CC3)c1. The molecule has 0 aliphatic heterocycles. The van der Waals surface area contributed by atoms with Gasteiger partial charge in [-0.15, -0.1) is 0 Å². The Morgan fingerprint density at radius 2 is 1.71 bits per heavy atom. The molecule has 0 radical (unpaired) electrons. The highest BCUT2D eigenvalue weighted by molar-refractivity contribution is 5.70. The number of aromatic nitrogens is 2. The van der Waals surface area contributed by atoms with Crippen LogP contribution in [0, 0.1) is 6.92 Å². The molecule has 3 aromatic rings. The summed E-state index contributed by atoms with van der Waals surface area (Å²) in [4.78, 5) is 9.45. The summed E-state index contributed by atoms with van der Waals surface area (Å²) in [5, 5.41) is 0. The highest BCUT2D eigenvalue weighted by Crippen LogP contribution is 2.32. The van der Waals surface area contributed by atoms with Crippen LogP contribution in [0.3, 0.4) is 0 Å². The number of nitrogens with zero attached hydrogens (tertiary/aromatic N) is 2. The molecule has 4 rings (SSSR count). The van der Waals surface area contributed by atoms with E-state index in [-0.39, 0.29) is 0 Å². The van der Waals surface area contributed by atoms with Gasteiger partial charge in [-0.3, -0.25) is 4.98 Å². The first-order valence-electron chi connectivity index (χ1n) is 7.32. The van der Waals surface area contributed by atoms with Crippen LogP contribution in [0.25, 0.3) is 22.6 Å². The molecule has 1 aromatic carbocycles. The Kier molecular flexibility index (Phi) is 2.81. The van der Waals surface area contributed by atoms with Gasteiger partial charge in [0.2, 0.25) is 0 Å². The number of benzene rings is 1. The van der Waals surface area contributed by atoms with Gasteiger partial charge in [-0.1, -0.05) is 35.9 Å². The zero-order chi connectivity index (χ0) is 14.2. The van der Waals surface area contributed by atoms with Gasteiger partial charge in [0.25, 0.3) is 0 Å². The third-order valence-corrected chi connectivity index (χ3v) is 4.07. The van der Waals surface area contributed by atoms with Gasteiger partial charge in [-0.25, -0.2) is 4.98 Å². The first-order chi connectivity index (χ1) is 10.3. The highest BCUT2D eigenvalue weighted by atomic mass is 14.8. The summed E-state index contributed by atoms with van der Waals surface area (Å²) in [6.07, 6.45) is 3.96. The predicted octanol–water partition coefficient (Wildman–Crippen LogP) is 4.22. The van der Waals surface area contributed by atoms with Crippen molar-refractivity contribution in [2.24, 2.45) is 0 Å². The third-order valence-electron chi connectivity index (χ3n) is 4.07. The summed E-state index contributed by atoms with van der Waals surface area (Å²) >= 11 is 0. The van der Waals surface area contributed by atoms with Crippen LogP contribution in [0.15, 0.2) is 54.7 Å². The molecule has 0 spiro atoms. The van der Waals surface area contributed by atoms with Crippen LogP contribution in [0.2, 0.25) is 0 Å². The van der Waals surface area contributed by atoms with Crippen molar-refractivity contribution in [1.82, 2.24) is 9.97 Å². The molecule has 1 aliphatic rings. The second-order valence-corrected chi connectivity index (χ2v) is 5.58. The molecule has 0 saturated carbocycles. The van der Waals surface area contributed by atoms with Crippen LogP contribution in [0.5, 0.6) is 0 Å². The van der Waals surface area contributed by atoms with Gasteiger partial charge in [-0.2, -0.15) is 0 Å². The van der Waals surface area contributed by atoms with Gasteiger partial charge in [-0.05, 0) is 49.1 Å². The molecule has 0 bridgehead atoms. The van der Waals surface area contributed by atoms with E-state index in [0.717, 1.165) is 29.9 Å². The lowest BCUT2D eigenvalue weighted by molar-refractivity contribution is 0.913. The minimum absolute atomic E-state index is 1.02. The lowest BCUT2D eigenvalue weighted by Gasteiger charge is -2.18. The Morgan fingerprint density at radius 3 is 2.57 bits per heavy atom. The van der Waals surface area contributed by atoms with Crippen molar-refractivity contribution in [1.29, 1.82) is 0 Å². The normalized spacial score (nSPS) is 12.6. The smallest absolute Gasteiger partial charge is 0.0928 e. The van der Waals surface area contributed by atoms with E-state index in [1.807, 2.05) is 12.3 Å². The van der Waals surface area contributed by atoms with Crippen molar-refractivity contribution >= 4 is 0 Å². The van der Waals surface area contributed by atoms with E-state index >= 15 is 0 Å². The van der Waals surface area contributed by atoms with E-state index in [1.54, 1.807) is 0 Å². The van der Waals surface area contributed by atoms with Crippen LogP contribution < -0.4 is 0 Å². The minimum Gasteiger partial charge on any atom is -0.254 e. The van der Waals surface area contributed by atoms with Crippen LogP contribution in [-0.2, 0) is 12.8 Å². The molecule has 102 valence electrons. The van der Waals surface area contributed by atoms with Crippen molar-refractivity contribution in [3.05, 3.63) is 71.4 Å². The lowest BCUT2D eigenvalue weighted by atomic mass is 9.92. The molecule has 2 nitrogen and oxygen atoms in total. The number of hydrogen-bond acceptors (Lipinski definition) is 2. The Hall–Kier alpha value is -2.48. The Labute approximate surface area is 124 Å². The van der Waals surface area contributed by atoms with E-state index < -0.39 is 0 Å². The van der Waals surface area contributed by atoms with Gasteiger partial charge in [0.05, 0.1) is 17.1 Å². The Bertz CT molecular complexity index is 821. The zero-order valence-corrected chi connectivity index (χ0v) is 12.0. The molecular formula is C19H16N2. The molecule has 0 atom stereocenters. The van der Waals surface area contributed by atoms with Crippen LogP contribution >= 0.6 is 0 Å². The average molecular weight is 272 g/mol. The molecule has 2 heterocycles. The summed E-state index contributed by atoms with van der Waals surface area (Å²) in [6.45, 7) is 2.11. The molecule has 2 aromatic heterocycles. The minimum atomic E-state index is 1.02. The van der Waals surface area contributed by atoms with Crippen LogP contribution in [0.4, 0.5) is 0 Å². The summed E-state index contributed by atoms with van der Waals surface area (Å²) in [5.74, 6) is 0. The average Bonchev–Trinajstić information content (AvgIpc) is 2.54. The molecule has 2 heteroatoms. The fourth-order valence-corrected chi connectivity index (χ4v) is 2.98. The van der Waals surface area contributed by atoms with E-state index in [0.29, 0.717) is 0 Å². The maximum Gasteiger partial charge on any atom is 0.0928 e. The summed E-state index contributed by atoms with van der Waals surface area (Å²) in [5.41, 5.74) is 8.16. The number of rotatable bonds is 1. The fourth-order valence-electron chi connectivity index (χ4n) is 2.98. The van der Waals surface area contributed by atoms with Gasteiger partial charge >= 0.3 is 0 Å². The van der Waals surface area contributed by atoms with Gasteiger partial charge in [0.15, 0.2) is 0 Å². The van der Waals surface area contributed by atoms with Crippen molar-refractivity contribution in [2.75, 3.05) is 0 Å². The van der Waals surface area contributed by atoms with Crippen molar-refractivity contribution < 1.29 is 0 Å². The number of fused-ring (bicyclic) bond motifs is 3. The lowest BCUT2D eigenvalue weighted by Crippen LogP contribution is -2.07. The molecule has 0 saturated heterocycles. The van der Waals surface area contributed by atoms with Gasteiger partial charge in [0, 0.05) is 11.8 Å². The van der Waals surface area contributed by atoms with E-state index in [1.165, 1.54) is 22.3 Å². The summed E-state index contributed by atoms with van der Waals surface area (Å²) in [6, 6.07) is 17.0. The summed E-state index contributed by atoms with van der Waals surface area (Å²) in [7, 11) is 0. The second-order valence-electron chi connectivity index (χ2n) is 5.58. The van der Waals surface area contributed by atoms with E-state index in [2.05, 4.69) is 54.4 Å². The van der Waals surface area contributed by atoms with Gasteiger partial charge < -0.3 is 0 Å². The van der Waals surface area contributed by atoms with Crippen LogP contribution in [-0.4, -0.2) is 9.97 Å². The monoisotopic (exact) mass is 272 g/mol. The standard InChI is InChI=1S/C19H16N2/c1-13-4-2-5-16(12-13)17-10-9-15-8-7-14-6-3-11-20-18(14)19(15)21-17/h2-6,9-12H,7-8H2,1H3. The number of aryl methyl sites for hydroxylation is 3. The maximum absolute atomic E-state index is 4.90. The Balaban J connectivity index is 1.88. The molecule has 21 heavy (non-hydrogen) atoms. The van der Waals surface area contributed by atoms with E-state index in [4.69, 9.17) is 4.98 Å². The molecule has 0 N–H and O–H groups in total. The van der Waals surface area contributed by atoms with Crippen molar-refractivity contribution in [3.8, 4) is 22.6 Å². The molecule has 0 amide bonds. The second kappa shape index (κ2) is 4.81. The largest absolute Gasteiger partial charge is 0.254 e. The molecule has 1 aliphatic carbocycles. The zero-order valence-electron chi connectivity index (χ0n) is 12.0. The molecule has 0 fully saturated rings. The first-order valence-corrected chi connectivity index (χ1v) is 7.32. The van der Waals surface area contributed by atoms with Crippen LogP contribution in [0.1, 0.15) is 16.7 Å². The molecule has 0 unspecified atom stereocenters. The van der Waals surface area contributed by atoms with Crippen molar-refractivity contribution in [3.63, 3.8) is 0 Å². The Morgan fingerprint density at radius 1 is 0.857 bits per heavy atom. The van der Waals surface area contributed by atoms with Crippen molar-refractivity contribution in [2.45, 2.75) is 19.8 Å². The fraction of sp³-hybridized carbons (Fsp3) is 0.158. The first kappa shape index (κ1) is 12.3. The highest BCUT2D eigenvalue weighted by Gasteiger charge is 2.18. The third kappa shape index (κ3) is 2.13. The number of hydrogen-bond donors (Lipinski definition) is 0. The topological polar surface area (TPSA) is 25.8 Å². The van der Waals surface area contributed by atoms with Gasteiger partial charge in [0.1, 0.15) is 0 Å². The maximum atomic E-state index is 4.90.